The van der Waals surface area contributed by atoms with Crippen molar-refractivity contribution in [3.8, 4) is 5.75 Å². The summed E-state index contributed by atoms with van der Waals surface area (Å²) in [5.74, 6) is -0.768. The molecule has 1 amide bonds. The van der Waals surface area contributed by atoms with Gasteiger partial charge in [-0.25, -0.2) is 17.6 Å². The molecule has 0 saturated heterocycles. The lowest BCUT2D eigenvalue weighted by molar-refractivity contribution is -0.0164. The molecular formula is C27H30FN3O7S. The SMILES string of the molecule is CCC(CC)OC(=O)OCOc1c2c(c(N(C)S(C)(=O)=O)c3cccnc13)CN(Cc1ccc(F)cc1)C2=O. The van der Waals surface area contributed by atoms with E-state index in [9.17, 15) is 22.4 Å². The third kappa shape index (κ3) is 5.90. The van der Waals surface area contributed by atoms with E-state index in [0.717, 1.165) is 10.6 Å². The molecule has 0 N–H and O–H groups in total. The molecule has 3 aromatic rings. The zero-order valence-corrected chi connectivity index (χ0v) is 23.0. The van der Waals surface area contributed by atoms with Gasteiger partial charge in [0, 0.05) is 37.3 Å². The summed E-state index contributed by atoms with van der Waals surface area (Å²) in [5, 5.41) is 0.440. The van der Waals surface area contributed by atoms with Gasteiger partial charge in [-0.2, -0.15) is 0 Å². The fourth-order valence-electron chi connectivity index (χ4n) is 4.48. The van der Waals surface area contributed by atoms with Gasteiger partial charge in [-0.3, -0.25) is 14.1 Å². The second-order valence-electron chi connectivity index (χ2n) is 9.16. The zero-order valence-electron chi connectivity index (χ0n) is 22.1. The molecule has 0 bridgehead atoms. The fourth-order valence-corrected chi connectivity index (χ4v) is 5.02. The summed E-state index contributed by atoms with van der Waals surface area (Å²) < 4.78 is 55.9. The van der Waals surface area contributed by atoms with Crippen molar-refractivity contribution in [3.05, 3.63) is 65.1 Å². The largest absolute Gasteiger partial charge is 0.511 e. The molecule has 1 aliphatic rings. The van der Waals surface area contributed by atoms with Crippen LogP contribution in [0.15, 0.2) is 42.6 Å². The summed E-state index contributed by atoms with van der Waals surface area (Å²) in [4.78, 5) is 31.7. The normalized spacial score (nSPS) is 13.1. The maximum atomic E-state index is 13.7. The van der Waals surface area contributed by atoms with Gasteiger partial charge in [0.25, 0.3) is 5.91 Å². The van der Waals surface area contributed by atoms with E-state index in [-0.39, 0.29) is 36.0 Å². The van der Waals surface area contributed by atoms with Gasteiger partial charge in [0.15, 0.2) is 5.75 Å². The molecule has 12 heteroatoms. The molecule has 0 atom stereocenters. The molecule has 1 aromatic heterocycles. The summed E-state index contributed by atoms with van der Waals surface area (Å²) in [7, 11) is -2.31. The number of carbonyl (C=O) groups excluding carboxylic acids is 2. The lowest BCUT2D eigenvalue weighted by Gasteiger charge is -2.23. The van der Waals surface area contributed by atoms with Crippen LogP contribution in [-0.4, -0.2) is 56.6 Å². The first-order chi connectivity index (χ1) is 18.5. The number of ether oxygens (including phenoxy) is 3. The number of nitrogens with zero attached hydrogens (tertiary/aromatic N) is 3. The first-order valence-electron chi connectivity index (χ1n) is 12.4. The molecule has 0 spiro atoms. The predicted molar refractivity (Wildman–Crippen MR) is 142 cm³/mol. The van der Waals surface area contributed by atoms with E-state index in [1.54, 1.807) is 24.3 Å². The zero-order chi connectivity index (χ0) is 28.3. The Kier molecular flexibility index (Phi) is 8.24. The van der Waals surface area contributed by atoms with Crippen molar-refractivity contribution in [2.45, 2.75) is 45.9 Å². The smallest absolute Gasteiger partial charge is 0.454 e. The summed E-state index contributed by atoms with van der Waals surface area (Å²) >= 11 is 0. The Labute approximate surface area is 226 Å². The molecule has 2 heterocycles. The van der Waals surface area contributed by atoms with E-state index in [2.05, 4.69) is 4.98 Å². The van der Waals surface area contributed by atoms with E-state index in [4.69, 9.17) is 14.2 Å². The maximum Gasteiger partial charge on any atom is 0.511 e. The molecule has 1 aliphatic heterocycles. The van der Waals surface area contributed by atoms with Crippen LogP contribution in [-0.2, 0) is 32.6 Å². The summed E-state index contributed by atoms with van der Waals surface area (Å²) in [6.45, 7) is 3.44. The topological polar surface area (TPSA) is 115 Å². The first-order valence-corrected chi connectivity index (χ1v) is 14.3. The highest BCUT2D eigenvalue weighted by molar-refractivity contribution is 7.92. The molecule has 39 heavy (non-hydrogen) atoms. The van der Waals surface area contributed by atoms with Crippen molar-refractivity contribution in [1.82, 2.24) is 9.88 Å². The number of hydrogen-bond donors (Lipinski definition) is 0. The maximum absolute atomic E-state index is 13.7. The highest BCUT2D eigenvalue weighted by atomic mass is 32.2. The second-order valence-corrected chi connectivity index (χ2v) is 11.2. The Morgan fingerprint density at radius 3 is 2.51 bits per heavy atom. The van der Waals surface area contributed by atoms with Crippen LogP contribution in [0.5, 0.6) is 5.75 Å². The van der Waals surface area contributed by atoms with E-state index in [1.165, 1.54) is 30.3 Å². The lowest BCUT2D eigenvalue weighted by atomic mass is 10.0. The molecule has 208 valence electrons. The van der Waals surface area contributed by atoms with Crippen molar-refractivity contribution in [2.24, 2.45) is 0 Å². The van der Waals surface area contributed by atoms with Crippen LogP contribution < -0.4 is 9.04 Å². The Morgan fingerprint density at radius 1 is 1.18 bits per heavy atom. The number of sulfonamides is 1. The Morgan fingerprint density at radius 2 is 1.87 bits per heavy atom. The van der Waals surface area contributed by atoms with Crippen molar-refractivity contribution in [1.29, 1.82) is 0 Å². The number of pyridine rings is 1. The van der Waals surface area contributed by atoms with Gasteiger partial charge in [0.1, 0.15) is 17.4 Å². The van der Waals surface area contributed by atoms with Crippen LogP contribution in [0.25, 0.3) is 10.9 Å². The van der Waals surface area contributed by atoms with Crippen LogP contribution in [0.3, 0.4) is 0 Å². The fraction of sp³-hybridized carbons (Fsp3) is 0.370. The molecule has 2 aromatic carbocycles. The van der Waals surface area contributed by atoms with Crippen LogP contribution in [0.4, 0.5) is 14.9 Å². The molecule has 0 saturated carbocycles. The number of hydrogen-bond acceptors (Lipinski definition) is 8. The Hall–Kier alpha value is -3.93. The number of amides is 1. The quantitative estimate of drug-likeness (QED) is 0.261. The highest BCUT2D eigenvalue weighted by Gasteiger charge is 2.38. The minimum absolute atomic E-state index is 0.0631. The van der Waals surface area contributed by atoms with Gasteiger partial charge in [-0.15, -0.1) is 0 Å². The monoisotopic (exact) mass is 559 g/mol. The predicted octanol–water partition coefficient (Wildman–Crippen LogP) is 4.60. The third-order valence-electron chi connectivity index (χ3n) is 6.60. The molecule has 0 radical (unpaired) electrons. The van der Waals surface area contributed by atoms with E-state index in [0.29, 0.717) is 35.0 Å². The average molecular weight is 560 g/mol. The number of anilines is 1. The third-order valence-corrected chi connectivity index (χ3v) is 7.77. The molecule has 0 fully saturated rings. The van der Waals surface area contributed by atoms with Crippen LogP contribution in [0.2, 0.25) is 0 Å². The second kappa shape index (κ2) is 11.4. The summed E-state index contributed by atoms with van der Waals surface area (Å²) in [6, 6.07) is 9.08. The number of fused-ring (bicyclic) bond motifs is 2. The van der Waals surface area contributed by atoms with E-state index >= 15 is 0 Å². The summed E-state index contributed by atoms with van der Waals surface area (Å²) in [5.41, 5.74) is 1.76. The van der Waals surface area contributed by atoms with E-state index in [1.807, 2.05) is 13.8 Å². The molecule has 4 rings (SSSR count). The molecule has 0 unspecified atom stereocenters. The standard InChI is InChI=1S/C27H30FN3O7S/c1-5-19(6-2)38-27(33)37-16-36-25-22-21(15-31(26(22)32)14-17-9-11-18(28)12-10-17)24(30(3)39(4,34)35)20-8-7-13-29-23(20)25/h7-13,19H,5-6,14-16H2,1-4H3. The minimum Gasteiger partial charge on any atom is -0.454 e. The van der Waals surface area contributed by atoms with Crippen molar-refractivity contribution in [2.75, 3.05) is 24.4 Å². The van der Waals surface area contributed by atoms with Crippen molar-refractivity contribution >= 4 is 38.7 Å². The van der Waals surface area contributed by atoms with E-state index < -0.39 is 34.7 Å². The highest BCUT2D eigenvalue weighted by Crippen LogP contribution is 2.45. The number of halogens is 1. The molecular weight excluding hydrogens is 529 g/mol. The molecule has 10 nitrogen and oxygen atoms in total. The van der Waals surface area contributed by atoms with Crippen LogP contribution >= 0.6 is 0 Å². The lowest BCUT2D eigenvalue weighted by Crippen LogP contribution is -2.26. The van der Waals surface area contributed by atoms with Gasteiger partial charge in [-0.05, 0) is 42.7 Å². The number of aromatic nitrogens is 1. The Bertz CT molecular complexity index is 1490. The van der Waals surface area contributed by atoms with Crippen molar-refractivity contribution in [3.63, 3.8) is 0 Å². The van der Waals surface area contributed by atoms with Gasteiger partial charge < -0.3 is 19.1 Å². The van der Waals surface area contributed by atoms with Gasteiger partial charge >= 0.3 is 6.16 Å². The Balaban J connectivity index is 1.75. The number of rotatable bonds is 10. The van der Waals surface area contributed by atoms with Crippen LogP contribution in [0.1, 0.15) is 48.2 Å². The van der Waals surface area contributed by atoms with Crippen molar-refractivity contribution < 1.29 is 36.6 Å². The summed E-state index contributed by atoms with van der Waals surface area (Å²) in [6.07, 6.45) is 2.61. The van der Waals surface area contributed by atoms with Gasteiger partial charge in [0.2, 0.25) is 16.8 Å². The molecule has 0 aliphatic carbocycles. The average Bonchev–Trinajstić information content (AvgIpc) is 3.22. The number of carbonyl (C=O) groups is 2. The van der Waals surface area contributed by atoms with Gasteiger partial charge in [0.05, 0.1) is 17.5 Å². The minimum atomic E-state index is -3.72. The van der Waals surface area contributed by atoms with Gasteiger partial charge in [-0.1, -0.05) is 26.0 Å². The van der Waals surface area contributed by atoms with Crippen LogP contribution in [0, 0.1) is 5.82 Å². The number of benzene rings is 2. The first kappa shape index (κ1) is 28.1.